The highest BCUT2D eigenvalue weighted by molar-refractivity contribution is 5.37. The molecule has 0 aliphatic carbocycles. The van der Waals surface area contributed by atoms with E-state index in [9.17, 15) is 8.78 Å². The second kappa shape index (κ2) is 4.70. The van der Waals surface area contributed by atoms with E-state index in [0.717, 1.165) is 12.8 Å². The summed E-state index contributed by atoms with van der Waals surface area (Å²) in [7, 11) is 0. The van der Waals surface area contributed by atoms with Crippen molar-refractivity contribution in [2.24, 2.45) is 0 Å². The Balaban J connectivity index is 2.16. The summed E-state index contributed by atoms with van der Waals surface area (Å²) < 4.78 is 34.7. The molecule has 0 N–H and O–H groups in total. The van der Waals surface area contributed by atoms with E-state index < -0.39 is 11.6 Å². The molecule has 0 spiro atoms. The molecule has 6 heteroatoms. The minimum Gasteiger partial charge on any atom is -0.370 e. The number of hydrogen-bond donors (Lipinski definition) is 0. The summed E-state index contributed by atoms with van der Waals surface area (Å²) in [4.78, 5) is 0. The van der Waals surface area contributed by atoms with Gasteiger partial charge in [0.2, 0.25) is 0 Å². The molecule has 3 rings (SSSR count). The van der Waals surface area contributed by atoms with Crippen molar-refractivity contribution < 1.29 is 13.5 Å². The monoisotopic (exact) mass is 265 g/mol. The highest BCUT2D eigenvalue weighted by Crippen LogP contribution is 2.30. The van der Waals surface area contributed by atoms with Crippen LogP contribution >= 0.6 is 0 Å². The lowest BCUT2D eigenvalue weighted by molar-refractivity contribution is 0.103. The van der Waals surface area contributed by atoms with Crippen molar-refractivity contribution in [3.63, 3.8) is 0 Å². The quantitative estimate of drug-likeness (QED) is 0.838. The smallest absolute Gasteiger partial charge is 0.167 e. The van der Waals surface area contributed by atoms with E-state index in [1.54, 1.807) is 6.92 Å². The zero-order chi connectivity index (χ0) is 13.4. The molecule has 1 aliphatic heterocycles. The Morgan fingerprint density at radius 3 is 2.63 bits per heavy atom. The van der Waals surface area contributed by atoms with Crippen LogP contribution in [0.2, 0.25) is 0 Å². The molecule has 4 nitrogen and oxygen atoms in total. The van der Waals surface area contributed by atoms with Gasteiger partial charge in [0.05, 0.1) is 0 Å². The van der Waals surface area contributed by atoms with E-state index in [1.807, 2.05) is 0 Å². The normalized spacial score (nSPS) is 19.0. The van der Waals surface area contributed by atoms with Crippen LogP contribution in [-0.4, -0.2) is 21.4 Å². The van der Waals surface area contributed by atoms with E-state index in [-0.39, 0.29) is 11.8 Å². The summed E-state index contributed by atoms with van der Waals surface area (Å²) in [5.41, 5.74) is -0.143. The fourth-order valence-electron chi connectivity index (χ4n) is 2.35. The summed E-state index contributed by atoms with van der Waals surface area (Å²) in [6.07, 6.45) is 1.45. The Bertz CT molecular complexity index is 586. The molecule has 0 radical (unpaired) electrons. The molecule has 1 saturated heterocycles. The van der Waals surface area contributed by atoms with E-state index in [4.69, 9.17) is 4.74 Å². The first kappa shape index (κ1) is 12.2. The van der Waals surface area contributed by atoms with Gasteiger partial charge in [0, 0.05) is 6.61 Å². The second-order valence-electron chi connectivity index (χ2n) is 4.51. The average Bonchev–Trinajstić information content (AvgIpc) is 2.99. The van der Waals surface area contributed by atoms with Crippen molar-refractivity contribution in [1.29, 1.82) is 0 Å². The van der Waals surface area contributed by atoms with Crippen LogP contribution in [0.3, 0.4) is 0 Å². The topological polar surface area (TPSA) is 39.9 Å². The van der Waals surface area contributed by atoms with Gasteiger partial charge in [-0.25, -0.2) is 8.78 Å². The maximum atomic E-state index is 13.9. The van der Waals surface area contributed by atoms with Crippen LogP contribution < -0.4 is 0 Å². The van der Waals surface area contributed by atoms with E-state index in [2.05, 4.69) is 10.2 Å². The molecular weight excluding hydrogens is 252 g/mol. The molecule has 19 heavy (non-hydrogen) atoms. The predicted molar refractivity (Wildman–Crippen MR) is 63.9 cm³/mol. The first-order valence-corrected chi connectivity index (χ1v) is 6.16. The molecule has 1 aromatic carbocycles. The fraction of sp³-hybridized carbons (Fsp3) is 0.385. The van der Waals surface area contributed by atoms with Crippen LogP contribution in [0.1, 0.15) is 30.6 Å². The van der Waals surface area contributed by atoms with Gasteiger partial charge in [0.25, 0.3) is 0 Å². The zero-order valence-electron chi connectivity index (χ0n) is 10.4. The van der Waals surface area contributed by atoms with Crippen molar-refractivity contribution >= 4 is 0 Å². The highest BCUT2D eigenvalue weighted by Gasteiger charge is 2.27. The largest absolute Gasteiger partial charge is 0.370 e. The Kier molecular flexibility index (Phi) is 3.02. The summed E-state index contributed by atoms with van der Waals surface area (Å²) in [6, 6.07) is 3.77. The third-order valence-electron chi connectivity index (χ3n) is 3.23. The van der Waals surface area contributed by atoms with Crippen LogP contribution in [-0.2, 0) is 4.74 Å². The molecule has 1 aliphatic rings. The Labute approximate surface area is 109 Å². The highest BCUT2D eigenvalue weighted by atomic mass is 19.1. The van der Waals surface area contributed by atoms with Crippen LogP contribution in [0.15, 0.2) is 18.2 Å². The van der Waals surface area contributed by atoms with Gasteiger partial charge in [-0.2, -0.15) is 0 Å². The standard InChI is InChI=1S/C13H13F2N3O/c1-8-16-17-13(11-6-3-7-19-11)18(8)12-9(14)4-2-5-10(12)15/h2,4-5,11H,3,6-7H2,1H3/t11-/m0/s1. The van der Waals surface area contributed by atoms with Crippen molar-refractivity contribution in [3.05, 3.63) is 41.5 Å². The van der Waals surface area contributed by atoms with Gasteiger partial charge in [-0.1, -0.05) is 6.07 Å². The van der Waals surface area contributed by atoms with Crippen molar-refractivity contribution in [3.8, 4) is 5.69 Å². The maximum Gasteiger partial charge on any atom is 0.167 e. The Hall–Kier alpha value is -1.82. The summed E-state index contributed by atoms with van der Waals surface area (Å²) >= 11 is 0. The lowest BCUT2D eigenvalue weighted by Crippen LogP contribution is -2.11. The molecule has 1 fully saturated rings. The number of ether oxygens (including phenoxy) is 1. The SMILES string of the molecule is Cc1nnc([C@@H]2CCCO2)n1-c1c(F)cccc1F. The summed E-state index contributed by atoms with van der Waals surface area (Å²) in [5.74, 6) is -0.377. The lowest BCUT2D eigenvalue weighted by Gasteiger charge is -2.14. The van der Waals surface area contributed by atoms with Crippen molar-refractivity contribution in [2.45, 2.75) is 25.9 Å². The number of aromatic nitrogens is 3. The van der Waals surface area contributed by atoms with Gasteiger partial charge < -0.3 is 4.74 Å². The van der Waals surface area contributed by atoms with Crippen LogP contribution in [0.25, 0.3) is 5.69 Å². The van der Waals surface area contributed by atoms with Gasteiger partial charge in [0.1, 0.15) is 29.3 Å². The third-order valence-corrected chi connectivity index (χ3v) is 3.23. The molecule has 0 amide bonds. The van der Waals surface area contributed by atoms with Gasteiger partial charge in [0.15, 0.2) is 5.82 Å². The number of aryl methyl sites for hydroxylation is 1. The first-order valence-electron chi connectivity index (χ1n) is 6.16. The minimum atomic E-state index is -0.637. The summed E-state index contributed by atoms with van der Waals surface area (Å²) in [6.45, 7) is 2.30. The van der Waals surface area contributed by atoms with E-state index in [1.165, 1.54) is 22.8 Å². The molecular formula is C13H13F2N3O. The van der Waals surface area contributed by atoms with Crippen LogP contribution in [0.5, 0.6) is 0 Å². The van der Waals surface area contributed by atoms with Gasteiger partial charge in [-0.3, -0.25) is 4.57 Å². The van der Waals surface area contributed by atoms with Crippen molar-refractivity contribution in [1.82, 2.24) is 14.8 Å². The summed E-state index contributed by atoms with van der Waals surface area (Å²) in [5, 5.41) is 7.93. The minimum absolute atomic E-state index is 0.143. The fourth-order valence-corrected chi connectivity index (χ4v) is 2.35. The predicted octanol–water partition coefficient (Wildman–Crippen LogP) is 2.71. The number of benzene rings is 1. The average molecular weight is 265 g/mol. The number of nitrogens with zero attached hydrogens (tertiary/aromatic N) is 3. The molecule has 0 saturated carbocycles. The lowest BCUT2D eigenvalue weighted by atomic mass is 10.2. The van der Waals surface area contributed by atoms with Crippen LogP contribution in [0, 0.1) is 18.6 Å². The molecule has 1 aromatic heterocycles. The molecule has 2 aromatic rings. The van der Waals surface area contributed by atoms with Gasteiger partial charge >= 0.3 is 0 Å². The number of halogens is 2. The second-order valence-corrected chi connectivity index (χ2v) is 4.51. The van der Waals surface area contributed by atoms with E-state index in [0.29, 0.717) is 18.3 Å². The molecule has 1 atom stereocenters. The van der Waals surface area contributed by atoms with Gasteiger partial charge in [-0.05, 0) is 31.9 Å². The maximum absolute atomic E-state index is 13.9. The van der Waals surface area contributed by atoms with Gasteiger partial charge in [-0.15, -0.1) is 10.2 Å². The van der Waals surface area contributed by atoms with Crippen molar-refractivity contribution in [2.75, 3.05) is 6.61 Å². The molecule has 0 bridgehead atoms. The molecule has 0 unspecified atom stereocenters. The number of hydrogen-bond acceptors (Lipinski definition) is 3. The Morgan fingerprint density at radius 1 is 1.26 bits per heavy atom. The first-order chi connectivity index (χ1) is 9.18. The molecule has 2 heterocycles. The Morgan fingerprint density at radius 2 is 2.00 bits per heavy atom. The van der Waals surface area contributed by atoms with E-state index >= 15 is 0 Å². The molecule has 100 valence electrons. The number of para-hydroxylation sites is 1. The zero-order valence-corrected chi connectivity index (χ0v) is 10.4. The number of rotatable bonds is 2. The third kappa shape index (κ3) is 2.02. The van der Waals surface area contributed by atoms with Crippen LogP contribution in [0.4, 0.5) is 8.78 Å².